The van der Waals surface area contributed by atoms with E-state index in [9.17, 15) is 9.59 Å². The molecule has 3 aromatic rings. The van der Waals surface area contributed by atoms with Gasteiger partial charge in [0.1, 0.15) is 5.69 Å². The van der Waals surface area contributed by atoms with E-state index in [4.69, 9.17) is 20.9 Å². The zero-order valence-electron chi connectivity index (χ0n) is 14.1. The van der Waals surface area contributed by atoms with E-state index in [0.29, 0.717) is 11.5 Å². The lowest BCUT2D eigenvalue weighted by Crippen LogP contribution is -2.17. The molecule has 3 rings (SSSR count). The van der Waals surface area contributed by atoms with Gasteiger partial charge in [0, 0.05) is 6.20 Å². The maximum Gasteiger partial charge on any atom is 0.271 e. The molecule has 2 heterocycles. The Kier molecular flexibility index (Phi) is 4.88. The number of nitrogens with zero attached hydrogens (tertiary/aromatic N) is 4. The number of hydrogen-bond donors (Lipinski definition) is 2. The Labute approximate surface area is 153 Å². The highest BCUT2D eigenvalue weighted by molar-refractivity contribution is 5.94. The molecule has 1 aromatic carbocycles. The average Bonchev–Trinajstić information content (AvgIpc) is 2.68. The summed E-state index contributed by atoms with van der Waals surface area (Å²) in [5.41, 5.74) is 10.4. The van der Waals surface area contributed by atoms with Crippen molar-refractivity contribution in [2.24, 2.45) is 11.5 Å². The van der Waals surface area contributed by atoms with Gasteiger partial charge < -0.3 is 20.9 Å². The molecule has 10 heteroatoms. The zero-order valence-corrected chi connectivity index (χ0v) is 14.1. The number of amides is 2. The normalized spacial score (nSPS) is 10.3. The van der Waals surface area contributed by atoms with Gasteiger partial charge in [0.2, 0.25) is 0 Å². The molecule has 0 bridgehead atoms. The molecule has 0 fully saturated rings. The molecular weight excluding hydrogens is 352 g/mol. The van der Waals surface area contributed by atoms with Crippen LogP contribution in [-0.4, -0.2) is 38.9 Å². The van der Waals surface area contributed by atoms with Gasteiger partial charge in [-0.1, -0.05) is 12.1 Å². The van der Waals surface area contributed by atoms with Crippen LogP contribution in [0.15, 0.2) is 42.7 Å². The summed E-state index contributed by atoms with van der Waals surface area (Å²) in [7, 11) is 1.49. The Morgan fingerprint density at radius 3 is 2.26 bits per heavy atom. The molecule has 0 aliphatic carbocycles. The molecule has 27 heavy (non-hydrogen) atoms. The topological polar surface area (TPSA) is 156 Å². The van der Waals surface area contributed by atoms with Gasteiger partial charge in [-0.15, -0.1) is 0 Å². The highest BCUT2D eigenvalue weighted by atomic mass is 16.5. The first-order chi connectivity index (χ1) is 13.0. The van der Waals surface area contributed by atoms with Crippen LogP contribution in [0.4, 0.5) is 0 Å². The van der Waals surface area contributed by atoms with E-state index in [1.165, 1.54) is 25.6 Å². The van der Waals surface area contributed by atoms with E-state index in [1.807, 2.05) is 0 Å². The summed E-state index contributed by atoms with van der Waals surface area (Å²) in [4.78, 5) is 39.2. The second kappa shape index (κ2) is 7.44. The summed E-state index contributed by atoms with van der Waals surface area (Å²) >= 11 is 0. The smallest absolute Gasteiger partial charge is 0.271 e. The number of methoxy groups -OCH3 is 1. The van der Waals surface area contributed by atoms with Gasteiger partial charge in [0.05, 0.1) is 13.3 Å². The van der Waals surface area contributed by atoms with E-state index in [-0.39, 0.29) is 28.8 Å². The minimum atomic E-state index is -0.838. The predicted octanol–water partition coefficient (Wildman–Crippen LogP) is 0.932. The van der Waals surface area contributed by atoms with E-state index >= 15 is 0 Å². The maximum atomic E-state index is 11.8. The first-order valence-electron chi connectivity index (χ1n) is 7.60. The quantitative estimate of drug-likeness (QED) is 0.652. The van der Waals surface area contributed by atoms with Crippen LogP contribution in [0.3, 0.4) is 0 Å². The summed E-state index contributed by atoms with van der Waals surface area (Å²) in [6.07, 6.45) is 2.59. The Bertz CT molecular complexity index is 1020. The maximum absolute atomic E-state index is 11.8. The monoisotopic (exact) mass is 366 g/mol. The number of primary amides is 2. The van der Waals surface area contributed by atoms with Crippen molar-refractivity contribution < 1.29 is 19.1 Å². The van der Waals surface area contributed by atoms with Gasteiger partial charge in [0.15, 0.2) is 34.6 Å². The second-order valence-corrected chi connectivity index (χ2v) is 5.15. The first kappa shape index (κ1) is 17.7. The number of aromatic nitrogens is 4. The summed E-state index contributed by atoms with van der Waals surface area (Å²) in [5.74, 6) is -0.737. The standard InChI is InChI=1S/C17H14N6O4/c1-26-10-4-2-3-5-11(10)27-12-8-21-17(23-13(12)15(19)25)16-20-7-6-9(22-16)14(18)24/h2-8H,1H3,(H2,18,24)(H2,19,25). The number of para-hydroxylation sites is 2. The van der Waals surface area contributed by atoms with Gasteiger partial charge in [-0.2, -0.15) is 0 Å². The van der Waals surface area contributed by atoms with Crippen LogP contribution in [-0.2, 0) is 0 Å². The lowest BCUT2D eigenvalue weighted by Gasteiger charge is -2.12. The average molecular weight is 366 g/mol. The van der Waals surface area contributed by atoms with E-state index in [0.717, 1.165) is 0 Å². The number of carbonyl (C=O) groups is 2. The molecule has 0 spiro atoms. The lowest BCUT2D eigenvalue weighted by atomic mass is 10.3. The summed E-state index contributed by atoms with van der Waals surface area (Å²) in [6, 6.07) is 8.19. The van der Waals surface area contributed by atoms with Gasteiger partial charge >= 0.3 is 0 Å². The zero-order chi connectivity index (χ0) is 19.4. The molecule has 0 aliphatic rings. The molecule has 0 radical (unpaired) electrons. The molecule has 4 N–H and O–H groups in total. The van der Waals surface area contributed by atoms with Crippen molar-refractivity contribution in [3.63, 3.8) is 0 Å². The summed E-state index contributed by atoms with van der Waals surface area (Å²) < 4.78 is 10.9. The van der Waals surface area contributed by atoms with Crippen LogP contribution in [0.25, 0.3) is 11.6 Å². The number of hydrogen-bond acceptors (Lipinski definition) is 8. The van der Waals surface area contributed by atoms with Crippen molar-refractivity contribution in [2.45, 2.75) is 0 Å². The molecule has 2 aromatic heterocycles. The third kappa shape index (κ3) is 3.79. The van der Waals surface area contributed by atoms with Crippen LogP contribution in [0.1, 0.15) is 21.0 Å². The SMILES string of the molecule is COc1ccccc1Oc1cnc(-c2nccc(C(N)=O)n2)nc1C(N)=O. The Balaban J connectivity index is 2.02. The highest BCUT2D eigenvalue weighted by Crippen LogP contribution is 2.32. The third-order valence-corrected chi connectivity index (χ3v) is 3.39. The summed E-state index contributed by atoms with van der Waals surface area (Å²) in [5, 5.41) is 0. The highest BCUT2D eigenvalue weighted by Gasteiger charge is 2.18. The number of benzene rings is 1. The molecule has 0 saturated heterocycles. The minimum absolute atomic E-state index is 0.0117. The minimum Gasteiger partial charge on any atom is -0.493 e. The molecule has 0 saturated carbocycles. The van der Waals surface area contributed by atoms with Crippen molar-refractivity contribution in [1.29, 1.82) is 0 Å². The molecule has 2 amide bonds. The fourth-order valence-corrected chi connectivity index (χ4v) is 2.15. The van der Waals surface area contributed by atoms with Gasteiger partial charge in [-0.05, 0) is 18.2 Å². The first-order valence-corrected chi connectivity index (χ1v) is 7.60. The van der Waals surface area contributed by atoms with Crippen LogP contribution in [0.5, 0.6) is 17.2 Å². The van der Waals surface area contributed by atoms with Crippen molar-refractivity contribution in [3.05, 3.63) is 54.1 Å². The number of rotatable bonds is 6. The molecule has 0 unspecified atom stereocenters. The van der Waals surface area contributed by atoms with Crippen LogP contribution in [0.2, 0.25) is 0 Å². The second-order valence-electron chi connectivity index (χ2n) is 5.15. The van der Waals surface area contributed by atoms with Crippen molar-refractivity contribution >= 4 is 11.8 Å². The van der Waals surface area contributed by atoms with Crippen molar-refractivity contribution in [3.8, 4) is 28.9 Å². The number of nitrogens with two attached hydrogens (primary N) is 2. The molecule has 0 aliphatic heterocycles. The summed E-state index contributed by atoms with van der Waals surface area (Å²) in [6.45, 7) is 0. The fourth-order valence-electron chi connectivity index (χ4n) is 2.15. The molecular formula is C17H14N6O4. The van der Waals surface area contributed by atoms with E-state index in [2.05, 4.69) is 19.9 Å². The predicted molar refractivity (Wildman–Crippen MR) is 93.2 cm³/mol. The fraction of sp³-hybridized carbons (Fsp3) is 0.0588. The lowest BCUT2D eigenvalue weighted by molar-refractivity contribution is 0.0985. The molecule has 10 nitrogen and oxygen atoms in total. The van der Waals surface area contributed by atoms with E-state index < -0.39 is 11.8 Å². The van der Waals surface area contributed by atoms with Gasteiger partial charge in [-0.3, -0.25) is 9.59 Å². The molecule has 0 atom stereocenters. The third-order valence-electron chi connectivity index (χ3n) is 3.39. The largest absolute Gasteiger partial charge is 0.493 e. The van der Waals surface area contributed by atoms with Crippen LogP contribution >= 0.6 is 0 Å². The van der Waals surface area contributed by atoms with Gasteiger partial charge in [-0.25, -0.2) is 19.9 Å². The van der Waals surface area contributed by atoms with E-state index in [1.54, 1.807) is 24.3 Å². The molecule has 136 valence electrons. The van der Waals surface area contributed by atoms with Gasteiger partial charge in [0.25, 0.3) is 11.8 Å². The Morgan fingerprint density at radius 1 is 0.889 bits per heavy atom. The Morgan fingerprint density at radius 2 is 1.59 bits per heavy atom. The van der Waals surface area contributed by atoms with Crippen LogP contribution in [0, 0.1) is 0 Å². The number of ether oxygens (including phenoxy) is 2. The van der Waals surface area contributed by atoms with Crippen molar-refractivity contribution in [2.75, 3.05) is 7.11 Å². The Hall–Kier alpha value is -4.08. The van der Waals surface area contributed by atoms with Crippen LogP contribution < -0.4 is 20.9 Å². The number of carbonyl (C=O) groups excluding carboxylic acids is 2. The van der Waals surface area contributed by atoms with Crippen molar-refractivity contribution in [1.82, 2.24) is 19.9 Å².